The molecule has 1 aliphatic rings. The minimum absolute atomic E-state index is 0.0270. The van der Waals surface area contributed by atoms with Crippen molar-refractivity contribution in [2.24, 2.45) is 0 Å². The lowest BCUT2D eigenvalue weighted by Crippen LogP contribution is -2.52. The van der Waals surface area contributed by atoms with Gasteiger partial charge in [0, 0.05) is 12.6 Å². The van der Waals surface area contributed by atoms with Gasteiger partial charge in [0.25, 0.3) is 0 Å². The zero-order chi connectivity index (χ0) is 26.3. The van der Waals surface area contributed by atoms with Crippen molar-refractivity contribution in [2.75, 3.05) is 23.7 Å². The number of carbonyl (C=O) groups is 2. The predicted molar refractivity (Wildman–Crippen MR) is 137 cm³/mol. The molecule has 2 aromatic rings. The highest BCUT2D eigenvalue weighted by atomic mass is 32.2. The minimum Gasteiger partial charge on any atom is -0.494 e. The monoisotopic (exact) mass is 519 g/mol. The first-order valence-electron chi connectivity index (χ1n) is 12.1. The van der Waals surface area contributed by atoms with Crippen LogP contribution in [0.15, 0.2) is 48.5 Å². The molecule has 10 heteroatoms. The Labute approximate surface area is 212 Å². The lowest BCUT2D eigenvalue weighted by Gasteiger charge is -2.32. The third-order valence-electron chi connectivity index (χ3n) is 6.25. The number of carbonyl (C=O) groups excluding carboxylic acids is 2. The number of rotatable bonds is 11. The molecule has 0 saturated heterocycles. The van der Waals surface area contributed by atoms with E-state index in [4.69, 9.17) is 4.74 Å². The maximum Gasteiger partial charge on any atom is 0.244 e. The number of halogens is 1. The molecule has 36 heavy (non-hydrogen) atoms. The number of amides is 2. The fourth-order valence-electron chi connectivity index (χ4n) is 4.25. The van der Waals surface area contributed by atoms with E-state index >= 15 is 0 Å². The van der Waals surface area contributed by atoms with Crippen molar-refractivity contribution in [3.05, 3.63) is 59.9 Å². The highest BCUT2D eigenvalue weighted by molar-refractivity contribution is 7.92. The van der Waals surface area contributed by atoms with E-state index in [2.05, 4.69) is 5.32 Å². The van der Waals surface area contributed by atoms with Gasteiger partial charge in [-0.3, -0.25) is 13.9 Å². The van der Waals surface area contributed by atoms with Gasteiger partial charge in [0.2, 0.25) is 21.8 Å². The van der Waals surface area contributed by atoms with E-state index in [1.54, 1.807) is 31.2 Å². The van der Waals surface area contributed by atoms with Crippen LogP contribution in [-0.4, -0.2) is 56.6 Å². The molecule has 0 radical (unpaired) electrons. The predicted octanol–water partition coefficient (Wildman–Crippen LogP) is 3.47. The van der Waals surface area contributed by atoms with Crippen LogP contribution in [-0.2, 0) is 26.2 Å². The Balaban J connectivity index is 1.85. The highest BCUT2D eigenvalue weighted by Gasteiger charge is 2.31. The van der Waals surface area contributed by atoms with Crippen molar-refractivity contribution in [2.45, 2.75) is 58.2 Å². The van der Waals surface area contributed by atoms with E-state index in [0.29, 0.717) is 23.6 Å². The van der Waals surface area contributed by atoms with Crippen LogP contribution in [0.1, 0.15) is 45.1 Å². The Morgan fingerprint density at radius 1 is 1.08 bits per heavy atom. The zero-order valence-electron chi connectivity index (χ0n) is 20.9. The molecule has 0 aromatic heterocycles. The number of hydrogen-bond acceptors (Lipinski definition) is 5. The molecule has 3 rings (SSSR count). The molecule has 196 valence electrons. The molecule has 2 aromatic carbocycles. The van der Waals surface area contributed by atoms with Gasteiger partial charge in [0.1, 0.15) is 24.2 Å². The Kier molecular flexibility index (Phi) is 9.31. The van der Waals surface area contributed by atoms with Gasteiger partial charge < -0.3 is 15.0 Å². The molecule has 8 nitrogen and oxygen atoms in total. The average molecular weight is 520 g/mol. The first kappa shape index (κ1) is 27.4. The molecule has 0 heterocycles. The molecule has 0 unspecified atom stereocenters. The second-order valence-electron chi connectivity index (χ2n) is 9.01. The fraction of sp³-hybridized carbons (Fsp3) is 0.462. The van der Waals surface area contributed by atoms with Crippen LogP contribution in [0.25, 0.3) is 0 Å². The van der Waals surface area contributed by atoms with Gasteiger partial charge in [-0.1, -0.05) is 25.0 Å². The summed E-state index contributed by atoms with van der Waals surface area (Å²) in [7, 11) is -3.82. The highest BCUT2D eigenvalue weighted by Crippen LogP contribution is 2.23. The third-order valence-corrected chi connectivity index (χ3v) is 7.39. The number of benzene rings is 2. The summed E-state index contributed by atoms with van der Waals surface area (Å²) in [6.07, 6.45) is 4.90. The number of sulfonamides is 1. The summed E-state index contributed by atoms with van der Waals surface area (Å²) in [5.41, 5.74) is 0.927. The Morgan fingerprint density at radius 2 is 1.69 bits per heavy atom. The number of ether oxygens (including phenoxy) is 1. The van der Waals surface area contributed by atoms with Gasteiger partial charge in [0.05, 0.1) is 18.6 Å². The van der Waals surface area contributed by atoms with Crippen molar-refractivity contribution < 1.29 is 27.1 Å². The van der Waals surface area contributed by atoms with Gasteiger partial charge >= 0.3 is 0 Å². The Bertz CT molecular complexity index is 1130. The van der Waals surface area contributed by atoms with Crippen LogP contribution in [0.5, 0.6) is 5.75 Å². The standard InChI is InChI=1S/C26H34FN3O5S/c1-4-35-24-15-13-23(14-16-24)30(36(3,33)34)18-25(31)29(17-20-9-11-21(27)12-10-20)19(2)26(32)28-22-7-5-6-8-22/h9-16,19,22H,4-8,17-18H2,1-3H3,(H,28,32)/t19-/m1/s1. The van der Waals surface area contributed by atoms with Gasteiger partial charge in [-0.25, -0.2) is 12.8 Å². The third kappa shape index (κ3) is 7.43. The molecule has 0 spiro atoms. The Morgan fingerprint density at radius 3 is 2.25 bits per heavy atom. The molecule has 1 aliphatic carbocycles. The lowest BCUT2D eigenvalue weighted by molar-refractivity contribution is -0.139. The molecular formula is C26H34FN3O5S. The first-order valence-corrected chi connectivity index (χ1v) is 14.0. The maximum atomic E-state index is 13.5. The van der Waals surface area contributed by atoms with Crippen LogP contribution in [0.2, 0.25) is 0 Å². The summed E-state index contributed by atoms with van der Waals surface area (Å²) < 4.78 is 45.1. The Hall–Kier alpha value is -3.14. The summed E-state index contributed by atoms with van der Waals surface area (Å²) >= 11 is 0. The lowest BCUT2D eigenvalue weighted by atomic mass is 10.1. The average Bonchev–Trinajstić information content (AvgIpc) is 3.35. The van der Waals surface area contributed by atoms with Crippen molar-refractivity contribution in [3.8, 4) is 5.75 Å². The molecule has 1 N–H and O–H groups in total. The van der Waals surface area contributed by atoms with Crippen molar-refractivity contribution in [1.29, 1.82) is 0 Å². The quantitative estimate of drug-likeness (QED) is 0.491. The molecule has 2 amide bonds. The van der Waals surface area contributed by atoms with Crippen molar-refractivity contribution in [3.63, 3.8) is 0 Å². The molecule has 0 aliphatic heterocycles. The number of nitrogens with one attached hydrogen (secondary N) is 1. The van der Waals surface area contributed by atoms with Crippen LogP contribution >= 0.6 is 0 Å². The maximum absolute atomic E-state index is 13.5. The van der Waals surface area contributed by atoms with E-state index in [1.165, 1.54) is 29.2 Å². The smallest absolute Gasteiger partial charge is 0.244 e. The van der Waals surface area contributed by atoms with E-state index in [-0.39, 0.29) is 18.5 Å². The molecule has 1 fully saturated rings. The summed E-state index contributed by atoms with van der Waals surface area (Å²) in [5.74, 6) is -0.685. The van der Waals surface area contributed by atoms with Gasteiger partial charge in [-0.2, -0.15) is 0 Å². The molecular weight excluding hydrogens is 485 g/mol. The van der Waals surface area contributed by atoms with E-state index in [0.717, 1.165) is 36.2 Å². The molecule has 1 saturated carbocycles. The summed E-state index contributed by atoms with van der Waals surface area (Å²) in [6, 6.07) is 11.3. The largest absolute Gasteiger partial charge is 0.494 e. The van der Waals surface area contributed by atoms with Crippen molar-refractivity contribution in [1.82, 2.24) is 10.2 Å². The van der Waals surface area contributed by atoms with Gasteiger partial charge in [-0.05, 0) is 68.7 Å². The van der Waals surface area contributed by atoms with Crippen molar-refractivity contribution >= 4 is 27.5 Å². The summed E-state index contributed by atoms with van der Waals surface area (Å²) in [4.78, 5) is 27.9. The van der Waals surface area contributed by atoms with E-state index < -0.39 is 34.3 Å². The minimum atomic E-state index is -3.82. The topological polar surface area (TPSA) is 96.0 Å². The van der Waals surface area contributed by atoms with Gasteiger partial charge in [0.15, 0.2) is 0 Å². The first-order chi connectivity index (χ1) is 17.1. The second kappa shape index (κ2) is 12.2. The van der Waals surface area contributed by atoms with Crippen LogP contribution in [0, 0.1) is 5.82 Å². The summed E-state index contributed by atoms with van der Waals surface area (Å²) in [6.45, 7) is 3.46. The normalized spacial score (nSPS) is 14.8. The van der Waals surface area contributed by atoms with E-state index in [9.17, 15) is 22.4 Å². The number of nitrogens with zero attached hydrogens (tertiary/aromatic N) is 2. The van der Waals surface area contributed by atoms with E-state index in [1.807, 2.05) is 6.92 Å². The summed E-state index contributed by atoms with van der Waals surface area (Å²) in [5, 5.41) is 3.00. The SMILES string of the molecule is CCOc1ccc(N(CC(=O)N(Cc2ccc(F)cc2)[C@H](C)C(=O)NC2CCCC2)S(C)(=O)=O)cc1. The van der Waals surface area contributed by atoms with Crippen LogP contribution in [0.4, 0.5) is 10.1 Å². The molecule has 1 atom stereocenters. The van der Waals surface area contributed by atoms with Gasteiger partial charge in [-0.15, -0.1) is 0 Å². The second-order valence-corrected chi connectivity index (χ2v) is 10.9. The zero-order valence-corrected chi connectivity index (χ0v) is 21.8. The number of anilines is 1. The van der Waals surface area contributed by atoms with Crippen LogP contribution in [0.3, 0.4) is 0 Å². The number of hydrogen-bond donors (Lipinski definition) is 1. The van der Waals surface area contributed by atoms with Crippen LogP contribution < -0.4 is 14.4 Å². The fourth-order valence-corrected chi connectivity index (χ4v) is 5.10. The molecule has 0 bridgehead atoms.